The van der Waals surface area contributed by atoms with Gasteiger partial charge in [-0.25, -0.2) is 0 Å². The molecule has 0 fully saturated rings. The topological polar surface area (TPSA) is 114 Å². The summed E-state index contributed by atoms with van der Waals surface area (Å²) in [7, 11) is 0. The van der Waals surface area contributed by atoms with Gasteiger partial charge in [-0.3, -0.25) is 9.59 Å². The van der Waals surface area contributed by atoms with Gasteiger partial charge in [-0.1, -0.05) is 54.4 Å². The van der Waals surface area contributed by atoms with Crippen molar-refractivity contribution in [1.29, 1.82) is 0 Å². The maximum Gasteiger partial charge on any atom is 2.00 e. The molecule has 4 atom stereocenters. The van der Waals surface area contributed by atoms with E-state index in [2.05, 4.69) is 0 Å². The zero-order valence-electron chi connectivity index (χ0n) is 15.9. The molecule has 0 saturated carbocycles. The van der Waals surface area contributed by atoms with E-state index in [1.807, 2.05) is 13.8 Å². The molecule has 0 N–H and O–H groups in total. The second kappa shape index (κ2) is 15.1. The number of ketones is 2. The van der Waals surface area contributed by atoms with Crippen LogP contribution in [0.15, 0.2) is 0 Å². The summed E-state index contributed by atoms with van der Waals surface area (Å²) in [6.45, 7) is 10.6. The predicted octanol–water partition coefficient (Wildman–Crippen LogP) is 0.753. The van der Waals surface area contributed by atoms with Gasteiger partial charge in [0.15, 0.2) is 0 Å². The SMILES string of the molecule is CCC(=O)C(C(=O)[O-])C(C)CC.CCC(=O)C(C(=O)[O-])C(C)CC.[Fe+2]. The number of carbonyl (C=O) groups is 4. The fourth-order valence-electron chi connectivity index (χ4n) is 2.27. The van der Waals surface area contributed by atoms with Gasteiger partial charge in [-0.15, -0.1) is 0 Å². The first-order chi connectivity index (χ1) is 11.1. The van der Waals surface area contributed by atoms with Crippen molar-refractivity contribution in [3.8, 4) is 0 Å². The Morgan fingerprint density at radius 1 is 0.680 bits per heavy atom. The molecule has 0 amide bonds. The zero-order chi connectivity index (χ0) is 19.4. The Hall–Kier alpha value is -1.20. The Morgan fingerprint density at radius 2 is 0.920 bits per heavy atom. The predicted molar refractivity (Wildman–Crippen MR) is 86.5 cm³/mol. The maximum absolute atomic E-state index is 11.1. The van der Waals surface area contributed by atoms with Gasteiger partial charge < -0.3 is 19.8 Å². The first-order valence-electron chi connectivity index (χ1n) is 8.55. The van der Waals surface area contributed by atoms with E-state index < -0.39 is 23.8 Å². The molecule has 0 aromatic carbocycles. The third-order valence-corrected chi connectivity index (χ3v) is 4.32. The van der Waals surface area contributed by atoms with Crippen LogP contribution in [0, 0.1) is 23.7 Å². The molecule has 0 aliphatic carbocycles. The Balaban J connectivity index is -0.000000372. The molecule has 0 aliphatic heterocycles. The molecule has 0 saturated heterocycles. The third kappa shape index (κ3) is 10.4. The van der Waals surface area contributed by atoms with Crippen LogP contribution < -0.4 is 10.2 Å². The molecule has 0 aromatic heterocycles. The van der Waals surface area contributed by atoms with Crippen LogP contribution >= 0.6 is 0 Å². The van der Waals surface area contributed by atoms with Gasteiger partial charge in [0.2, 0.25) is 0 Å². The average molecular weight is 398 g/mol. The largest absolute Gasteiger partial charge is 2.00 e. The van der Waals surface area contributed by atoms with E-state index in [0.29, 0.717) is 12.8 Å². The van der Waals surface area contributed by atoms with E-state index in [4.69, 9.17) is 0 Å². The summed E-state index contributed by atoms with van der Waals surface area (Å²) in [6.07, 6.45) is 1.90. The van der Waals surface area contributed by atoms with Crippen LogP contribution in [0.2, 0.25) is 0 Å². The summed E-state index contributed by atoms with van der Waals surface area (Å²) < 4.78 is 0. The van der Waals surface area contributed by atoms with E-state index in [9.17, 15) is 29.4 Å². The minimum Gasteiger partial charge on any atom is -0.549 e. The third-order valence-electron chi connectivity index (χ3n) is 4.32. The van der Waals surface area contributed by atoms with Crippen LogP contribution in [-0.2, 0) is 36.2 Å². The molecule has 0 radical (unpaired) electrons. The molecule has 0 spiro atoms. The van der Waals surface area contributed by atoms with Gasteiger partial charge in [-0.05, 0) is 11.8 Å². The van der Waals surface area contributed by atoms with Gasteiger partial charge in [-0.2, -0.15) is 0 Å². The van der Waals surface area contributed by atoms with Gasteiger partial charge in [0.05, 0.1) is 23.8 Å². The van der Waals surface area contributed by atoms with E-state index in [1.54, 1.807) is 27.7 Å². The van der Waals surface area contributed by atoms with Gasteiger partial charge >= 0.3 is 17.1 Å². The van der Waals surface area contributed by atoms with E-state index >= 15 is 0 Å². The fraction of sp³-hybridized carbons (Fsp3) is 0.778. The maximum atomic E-state index is 11.1. The molecule has 6 nitrogen and oxygen atoms in total. The minimum atomic E-state index is -1.24. The van der Waals surface area contributed by atoms with Crippen molar-refractivity contribution < 1.29 is 46.5 Å². The van der Waals surface area contributed by atoms with Crippen LogP contribution in [0.25, 0.3) is 0 Å². The van der Waals surface area contributed by atoms with Crippen molar-refractivity contribution in [2.45, 2.75) is 67.2 Å². The van der Waals surface area contributed by atoms with Crippen molar-refractivity contribution >= 4 is 23.5 Å². The number of Topliss-reactive ketones (excluding diaryl/α,β-unsaturated/α-hetero) is 2. The first-order valence-corrected chi connectivity index (χ1v) is 8.55. The van der Waals surface area contributed by atoms with Gasteiger partial charge in [0.25, 0.3) is 0 Å². The summed E-state index contributed by atoms with van der Waals surface area (Å²) in [5, 5.41) is 21.1. The monoisotopic (exact) mass is 398 g/mol. The van der Waals surface area contributed by atoms with Crippen LogP contribution in [0.3, 0.4) is 0 Å². The molecule has 0 aliphatic rings. The van der Waals surface area contributed by atoms with Crippen LogP contribution in [0.4, 0.5) is 0 Å². The van der Waals surface area contributed by atoms with E-state index in [0.717, 1.165) is 0 Å². The van der Waals surface area contributed by atoms with Crippen molar-refractivity contribution in [3.05, 3.63) is 0 Å². The van der Waals surface area contributed by atoms with Crippen molar-refractivity contribution in [2.24, 2.45) is 23.7 Å². The molecule has 0 bridgehead atoms. The number of carboxylic acids is 2. The zero-order valence-corrected chi connectivity index (χ0v) is 17.0. The normalized spacial score (nSPS) is 14.6. The van der Waals surface area contributed by atoms with E-state index in [1.165, 1.54) is 0 Å². The average Bonchev–Trinajstić information content (AvgIpc) is 2.53. The Labute approximate surface area is 161 Å². The number of hydrogen-bond acceptors (Lipinski definition) is 6. The summed E-state index contributed by atoms with van der Waals surface area (Å²) in [4.78, 5) is 43.4. The number of aliphatic carboxylic acids is 2. The summed E-state index contributed by atoms with van der Waals surface area (Å²) >= 11 is 0. The minimum absolute atomic E-state index is 0. The fourth-order valence-corrected chi connectivity index (χ4v) is 2.27. The molecule has 7 heteroatoms. The first kappa shape index (κ1) is 28.6. The van der Waals surface area contributed by atoms with Crippen LogP contribution in [0.1, 0.15) is 67.2 Å². The molecule has 0 aromatic rings. The standard InChI is InChI=1S/2C9H16O3.Fe/c2*1-4-6(3)8(9(11)12)7(10)5-2;/h2*6,8H,4-5H2,1-3H3,(H,11,12);/q;;+2/p-2. The number of carboxylic acid groups (broad SMARTS) is 2. The summed E-state index contributed by atoms with van der Waals surface area (Å²) in [5.41, 5.74) is 0. The summed E-state index contributed by atoms with van der Waals surface area (Å²) in [6, 6.07) is 0. The van der Waals surface area contributed by atoms with Crippen molar-refractivity contribution in [1.82, 2.24) is 0 Å². The second-order valence-corrected chi connectivity index (χ2v) is 6.00. The smallest absolute Gasteiger partial charge is 0.549 e. The Morgan fingerprint density at radius 3 is 1.04 bits per heavy atom. The van der Waals surface area contributed by atoms with Gasteiger partial charge in [0, 0.05) is 12.8 Å². The number of carbonyl (C=O) groups excluding carboxylic acids is 4. The Bertz CT molecular complexity index is 395. The summed E-state index contributed by atoms with van der Waals surface area (Å²) in [5.74, 6) is -5.02. The quantitative estimate of drug-likeness (QED) is 0.396. The van der Waals surface area contributed by atoms with Gasteiger partial charge in [0.1, 0.15) is 11.6 Å². The molecule has 0 rings (SSSR count). The molecule has 0 heterocycles. The number of hydrogen-bond donors (Lipinski definition) is 0. The van der Waals surface area contributed by atoms with Crippen molar-refractivity contribution in [3.63, 3.8) is 0 Å². The molecular weight excluding hydrogens is 368 g/mol. The molecule has 4 unspecified atom stereocenters. The molecule has 146 valence electrons. The second-order valence-electron chi connectivity index (χ2n) is 6.00. The van der Waals surface area contributed by atoms with Crippen LogP contribution in [-0.4, -0.2) is 23.5 Å². The molecular formula is C18H30FeO6. The van der Waals surface area contributed by atoms with E-state index in [-0.39, 0.29) is 53.3 Å². The van der Waals surface area contributed by atoms with Crippen LogP contribution in [0.5, 0.6) is 0 Å². The molecule has 25 heavy (non-hydrogen) atoms. The van der Waals surface area contributed by atoms with Crippen molar-refractivity contribution in [2.75, 3.05) is 0 Å². The Kier molecular flexibility index (Phi) is 17.3. The number of rotatable bonds is 10.